The Kier molecular flexibility index (Phi) is 6.13. The Labute approximate surface area is 207 Å². The zero-order chi connectivity index (χ0) is 23.7. The minimum atomic E-state index is -0.400. The number of phenols is 1. The van der Waals surface area contributed by atoms with Crippen molar-refractivity contribution in [3.63, 3.8) is 0 Å². The highest BCUT2D eigenvalue weighted by molar-refractivity contribution is 7.80. The number of benzene rings is 2. The van der Waals surface area contributed by atoms with Gasteiger partial charge in [-0.2, -0.15) is 0 Å². The normalized spacial score (nSPS) is 17.6. The molecule has 0 amide bonds. The summed E-state index contributed by atoms with van der Waals surface area (Å²) in [5, 5.41) is 14.9. The molecule has 1 aliphatic rings. The number of thiocarbonyl (C=S) groups is 1. The van der Waals surface area contributed by atoms with Gasteiger partial charge in [0.1, 0.15) is 29.1 Å². The summed E-state index contributed by atoms with van der Waals surface area (Å²) < 4.78 is 11.9. The third kappa shape index (κ3) is 4.20. The van der Waals surface area contributed by atoms with E-state index < -0.39 is 6.04 Å². The van der Waals surface area contributed by atoms with E-state index in [0.717, 1.165) is 17.0 Å². The van der Waals surface area contributed by atoms with E-state index in [0.29, 0.717) is 33.9 Å². The van der Waals surface area contributed by atoms with Crippen LogP contribution in [0.5, 0.6) is 11.5 Å². The molecule has 4 aromatic rings. The van der Waals surface area contributed by atoms with Crippen LogP contribution in [0.1, 0.15) is 30.5 Å². The van der Waals surface area contributed by atoms with Crippen molar-refractivity contribution in [1.82, 2.24) is 10.3 Å². The van der Waals surface area contributed by atoms with E-state index in [4.69, 9.17) is 33.0 Å². The number of halogens is 1. The molecule has 2 N–H and O–H groups in total. The smallest absolute Gasteiger partial charge is 0.174 e. The van der Waals surface area contributed by atoms with Gasteiger partial charge >= 0.3 is 0 Å². The summed E-state index contributed by atoms with van der Waals surface area (Å²) in [4.78, 5) is 6.37. The molecule has 3 heterocycles. The number of hydrogen-bond acceptors (Lipinski definition) is 5. The second kappa shape index (κ2) is 9.37. The van der Waals surface area contributed by atoms with Crippen molar-refractivity contribution in [3.05, 3.63) is 95.5 Å². The summed E-state index contributed by atoms with van der Waals surface area (Å²) in [5.74, 6) is 2.26. The number of hydrogen-bond donors (Lipinski definition) is 2. The quantitative estimate of drug-likeness (QED) is 0.308. The van der Waals surface area contributed by atoms with Crippen LogP contribution < -0.4 is 15.0 Å². The van der Waals surface area contributed by atoms with Gasteiger partial charge < -0.3 is 24.5 Å². The first-order valence-electron chi connectivity index (χ1n) is 10.9. The third-order valence-corrected chi connectivity index (χ3v) is 6.21. The summed E-state index contributed by atoms with van der Waals surface area (Å²) in [7, 11) is 0. The first-order chi connectivity index (χ1) is 16.5. The predicted octanol–water partition coefficient (Wildman–Crippen LogP) is 6.28. The van der Waals surface area contributed by atoms with E-state index in [-0.39, 0.29) is 11.8 Å². The van der Waals surface area contributed by atoms with Crippen LogP contribution in [-0.4, -0.2) is 21.8 Å². The fraction of sp³-hybridized carbons (Fsp3) is 0.154. The van der Waals surface area contributed by atoms with Gasteiger partial charge in [0.2, 0.25) is 0 Å². The Balaban J connectivity index is 1.57. The van der Waals surface area contributed by atoms with Crippen LogP contribution in [0.4, 0.5) is 5.69 Å². The number of nitrogens with one attached hydrogen (secondary N) is 1. The molecule has 1 fully saturated rings. The van der Waals surface area contributed by atoms with Crippen molar-refractivity contribution in [2.24, 2.45) is 0 Å². The highest BCUT2D eigenvalue weighted by atomic mass is 35.5. The number of anilines is 1. The Morgan fingerprint density at radius 2 is 1.94 bits per heavy atom. The largest absolute Gasteiger partial charge is 0.506 e. The summed E-state index contributed by atoms with van der Waals surface area (Å²) in [6, 6.07) is 21.5. The number of aromatic nitrogens is 1. The zero-order valence-corrected chi connectivity index (χ0v) is 19.9. The Morgan fingerprint density at radius 3 is 2.68 bits per heavy atom. The fourth-order valence-electron chi connectivity index (χ4n) is 4.14. The lowest BCUT2D eigenvalue weighted by molar-refractivity contribution is 0.340. The molecule has 0 unspecified atom stereocenters. The summed E-state index contributed by atoms with van der Waals surface area (Å²) in [6.45, 7) is 2.56. The number of phenolic OH excluding ortho intramolecular Hbond substituents is 1. The first kappa shape index (κ1) is 22.3. The van der Waals surface area contributed by atoms with E-state index in [9.17, 15) is 5.11 Å². The monoisotopic (exact) mass is 491 g/mol. The zero-order valence-electron chi connectivity index (χ0n) is 18.3. The van der Waals surface area contributed by atoms with Crippen molar-refractivity contribution in [3.8, 4) is 22.8 Å². The molecule has 34 heavy (non-hydrogen) atoms. The van der Waals surface area contributed by atoms with Gasteiger partial charge in [0.15, 0.2) is 5.11 Å². The molecule has 2 aromatic carbocycles. The van der Waals surface area contributed by atoms with Gasteiger partial charge in [-0.05, 0) is 85.9 Å². The van der Waals surface area contributed by atoms with Crippen molar-refractivity contribution >= 4 is 34.6 Å². The van der Waals surface area contributed by atoms with Gasteiger partial charge in [-0.3, -0.25) is 4.98 Å². The third-order valence-electron chi connectivity index (χ3n) is 5.66. The van der Waals surface area contributed by atoms with Crippen LogP contribution >= 0.6 is 23.8 Å². The van der Waals surface area contributed by atoms with Crippen LogP contribution in [0.3, 0.4) is 0 Å². The molecule has 5 rings (SSSR count). The van der Waals surface area contributed by atoms with Crippen molar-refractivity contribution in [2.45, 2.75) is 19.0 Å². The number of furan rings is 1. The lowest BCUT2D eigenvalue weighted by Gasteiger charge is -2.26. The lowest BCUT2D eigenvalue weighted by Crippen LogP contribution is -2.29. The van der Waals surface area contributed by atoms with Gasteiger partial charge in [-0.15, -0.1) is 0 Å². The molecule has 6 nitrogen and oxygen atoms in total. The van der Waals surface area contributed by atoms with Crippen LogP contribution in [0.15, 0.2) is 83.4 Å². The minimum Gasteiger partial charge on any atom is -0.506 e. The Bertz CT molecular complexity index is 1310. The highest BCUT2D eigenvalue weighted by Crippen LogP contribution is 2.45. The second-order valence-electron chi connectivity index (χ2n) is 7.79. The minimum absolute atomic E-state index is 0.0681. The standard InChI is InChI=1S/C26H22ClN3O3S/c1-2-32-18-9-6-16(7-10-18)22-12-13-23(33-22)25-24(19-5-3-4-14-28-19)29-26(34)30(25)20-15-17(27)8-11-21(20)31/h3-15,24-25,31H,2H2,1H3,(H,29,34)/t24-,25-/m1/s1. The van der Waals surface area contributed by atoms with Crippen molar-refractivity contribution in [2.75, 3.05) is 11.5 Å². The van der Waals surface area contributed by atoms with E-state index in [1.807, 2.05) is 66.4 Å². The molecular weight excluding hydrogens is 470 g/mol. The average molecular weight is 492 g/mol. The number of aromatic hydroxyl groups is 1. The van der Waals surface area contributed by atoms with Crippen molar-refractivity contribution < 1.29 is 14.3 Å². The molecule has 1 aliphatic heterocycles. The second-order valence-corrected chi connectivity index (χ2v) is 8.61. The fourth-order valence-corrected chi connectivity index (χ4v) is 4.65. The molecule has 8 heteroatoms. The number of rotatable bonds is 6. The van der Waals surface area contributed by atoms with Crippen LogP contribution in [0, 0.1) is 0 Å². The van der Waals surface area contributed by atoms with Gasteiger partial charge in [0.25, 0.3) is 0 Å². The van der Waals surface area contributed by atoms with E-state index in [1.54, 1.807) is 24.4 Å². The van der Waals surface area contributed by atoms with Gasteiger partial charge in [0, 0.05) is 16.8 Å². The van der Waals surface area contributed by atoms with Gasteiger partial charge in [-0.25, -0.2) is 0 Å². The van der Waals surface area contributed by atoms with E-state index in [2.05, 4.69) is 10.3 Å². The molecule has 1 saturated heterocycles. The molecular formula is C26H22ClN3O3S. The molecule has 0 bridgehead atoms. The predicted molar refractivity (Wildman–Crippen MR) is 136 cm³/mol. The average Bonchev–Trinajstić information content (AvgIpc) is 3.46. The molecule has 2 aromatic heterocycles. The molecule has 0 spiro atoms. The summed E-state index contributed by atoms with van der Waals surface area (Å²) >= 11 is 12.0. The van der Waals surface area contributed by atoms with Crippen LogP contribution in [0.25, 0.3) is 11.3 Å². The molecule has 172 valence electrons. The molecule has 0 aliphatic carbocycles. The molecule has 0 radical (unpaired) electrons. The number of pyridine rings is 1. The summed E-state index contributed by atoms with van der Waals surface area (Å²) in [6.07, 6.45) is 1.74. The highest BCUT2D eigenvalue weighted by Gasteiger charge is 2.43. The SMILES string of the molecule is CCOc1ccc(-c2ccc([C@@H]3[C@@H](c4ccccn4)NC(=S)N3c3cc(Cl)ccc3O)o2)cc1. The van der Waals surface area contributed by atoms with Gasteiger partial charge in [0.05, 0.1) is 24.0 Å². The maximum absolute atomic E-state index is 10.6. The van der Waals surface area contributed by atoms with Crippen molar-refractivity contribution in [1.29, 1.82) is 0 Å². The topological polar surface area (TPSA) is 70.8 Å². The maximum Gasteiger partial charge on any atom is 0.174 e. The number of ether oxygens (including phenoxy) is 1. The molecule has 0 saturated carbocycles. The molecule has 2 atom stereocenters. The van der Waals surface area contributed by atoms with E-state index >= 15 is 0 Å². The Hall–Kier alpha value is -3.55. The number of nitrogens with zero attached hydrogens (tertiary/aromatic N) is 2. The van der Waals surface area contributed by atoms with Gasteiger partial charge in [-0.1, -0.05) is 17.7 Å². The van der Waals surface area contributed by atoms with Crippen LogP contribution in [0.2, 0.25) is 5.02 Å². The Morgan fingerprint density at radius 1 is 1.12 bits per heavy atom. The summed E-state index contributed by atoms with van der Waals surface area (Å²) in [5.41, 5.74) is 2.22. The van der Waals surface area contributed by atoms with Crippen LogP contribution in [-0.2, 0) is 0 Å². The lowest BCUT2D eigenvalue weighted by atomic mass is 10.0. The maximum atomic E-state index is 10.6. The first-order valence-corrected chi connectivity index (χ1v) is 11.7. The van der Waals surface area contributed by atoms with E-state index in [1.165, 1.54) is 0 Å².